The second-order valence-electron chi connectivity index (χ2n) is 8.34. The predicted octanol–water partition coefficient (Wildman–Crippen LogP) is 6.40. The van der Waals surface area contributed by atoms with E-state index in [0.717, 1.165) is 27.6 Å². The Labute approximate surface area is 185 Å². The van der Waals surface area contributed by atoms with Gasteiger partial charge in [0.15, 0.2) is 0 Å². The molecule has 0 bridgehead atoms. The van der Waals surface area contributed by atoms with Crippen molar-refractivity contribution in [2.75, 3.05) is 0 Å². The molecule has 1 aliphatic rings. The molecule has 162 valence electrons. The van der Waals surface area contributed by atoms with Crippen LogP contribution in [0.2, 0.25) is 5.02 Å². The summed E-state index contributed by atoms with van der Waals surface area (Å²) in [5.41, 5.74) is 4.36. The van der Waals surface area contributed by atoms with Crippen molar-refractivity contribution in [3.63, 3.8) is 0 Å². The van der Waals surface area contributed by atoms with E-state index < -0.39 is 18.2 Å². The smallest absolute Gasteiger partial charge is 0.309 e. The molecule has 1 saturated heterocycles. The van der Waals surface area contributed by atoms with Crippen LogP contribution in [0.3, 0.4) is 0 Å². The maximum atomic E-state index is 13.6. The molecule has 1 N–H and O–H groups in total. The number of furan rings is 1. The van der Waals surface area contributed by atoms with E-state index in [2.05, 4.69) is 6.58 Å². The number of fused-ring (bicyclic) bond motifs is 1. The fraction of sp³-hybridized carbons (Fsp3) is 0.320. The number of aliphatic hydroxyl groups is 1. The highest BCUT2D eigenvalue weighted by Crippen LogP contribution is 2.45. The summed E-state index contributed by atoms with van der Waals surface area (Å²) in [4.78, 5) is 11.9. The summed E-state index contributed by atoms with van der Waals surface area (Å²) in [6.45, 7) is 10.2. The van der Waals surface area contributed by atoms with Gasteiger partial charge in [-0.05, 0) is 47.7 Å². The van der Waals surface area contributed by atoms with Gasteiger partial charge in [0.1, 0.15) is 23.3 Å². The zero-order chi connectivity index (χ0) is 22.4. The molecule has 0 spiro atoms. The van der Waals surface area contributed by atoms with E-state index in [1.54, 1.807) is 12.1 Å². The molecule has 4 nitrogen and oxygen atoms in total. The standard InChI is InChI=1S/C25H24ClFO4/c1-12(2)18-11-19(26)13(3)22-23(15-5-7-16(27)8-6-15)24(31-25(18)22)14(4)20-9-17(28)10-21(29)30-20/h5-8,11-12,17,20,28H,4,9-10H2,1-3H3. The molecule has 6 heteroatoms. The summed E-state index contributed by atoms with van der Waals surface area (Å²) >= 11 is 6.57. The molecule has 2 aromatic carbocycles. The molecule has 1 aromatic heterocycles. The van der Waals surface area contributed by atoms with Crippen molar-refractivity contribution in [1.29, 1.82) is 0 Å². The van der Waals surface area contributed by atoms with E-state index >= 15 is 0 Å². The number of cyclic esters (lactones) is 1. The summed E-state index contributed by atoms with van der Waals surface area (Å²) in [6, 6.07) is 8.02. The first-order chi connectivity index (χ1) is 14.7. The van der Waals surface area contributed by atoms with Gasteiger partial charge >= 0.3 is 5.97 Å². The third-order valence-electron chi connectivity index (χ3n) is 5.78. The van der Waals surface area contributed by atoms with Crippen LogP contribution in [-0.2, 0) is 9.53 Å². The van der Waals surface area contributed by atoms with E-state index in [0.29, 0.717) is 21.9 Å². The Kier molecular flexibility index (Phi) is 5.67. The zero-order valence-corrected chi connectivity index (χ0v) is 18.4. The minimum Gasteiger partial charge on any atom is -0.457 e. The zero-order valence-electron chi connectivity index (χ0n) is 17.7. The monoisotopic (exact) mass is 442 g/mol. The number of halogens is 2. The van der Waals surface area contributed by atoms with E-state index in [9.17, 15) is 14.3 Å². The largest absolute Gasteiger partial charge is 0.457 e. The van der Waals surface area contributed by atoms with Crippen LogP contribution in [0, 0.1) is 12.7 Å². The molecule has 1 fully saturated rings. The van der Waals surface area contributed by atoms with Crippen LogP contribution in [0.4, 0.5) is 4.39 Å². The van der Waals surface area contributed by atoms with Crippen molar-refractivity contribution in [2.45, 2.75) is 51.7 Å². The highest BCUT2D eigenvalue weighted by Gasteiger charge is 2.33. The van der Waals surface area contributed by atoms with Crippen LogP contribution in [0.25, 0.3) is 27.7 Å². The number of esters is 1. The molecule has 2 atom stereocenters. The summed E-state index contributed by atoms with van der Waals surface area (Å²) in [5, 5.41) is 11.5. The van der Waals surface area contributed by atoms with Crippen molar-refractivity contribution < 1.29 is 23.4 Å². The lowest BCUT2D eigenvalue weighted by Crippen LogP contribution is -2.33. The highest BCUT2D eigenvalue weighted by atomic mass is 35.5. The quantitative estimate of drug-likeness (QED) is 0.474. The minimum absolute atomic E-state index is 0.0407. The maximum absolute atomic E-state index is 13.6. The van der Waals surface area contributed by atoms with E-state index in [4.69, 9.17) is 20.8 Å². The van der Waals surface area contributed by atoms with Gasteiger partial charge in [-0.15, -0.1) is 0 Å². The first kappa shape index (κ1) is 21.6. The third kappa shape index (κ3) is 3.88. The maximum Gasteiger partial charge on any atom is 0.309 e. The topological polar surface area (TPSA) is 59.7 Å². The Hall–Kier alpha value is -2.63. The minimum atomic E-state index is -0.802. The molecule has 1 aliphatic heterocycles. The number of hydrogen-bond donors (Lipinski definition) is 1. The highest BCUT2D eigenvalue weighted by molar-refractivity contribution is 6.32. The fourth-order valence-electron chi connectivity index (χ4n) is 4.11. The van der Waals surface area contributed by atoms with Crippen LogP contribution < -0.4 is 0 Å². The number of benzene rings is 2. The number of carbonyl (C=O) groups is 1. The van der Waals surface area contributed by atoms with E-state index in [1.165, 1.54) is 12.1 Å². The number of rotatable bonds is 4. The number of aryl methyl sites for hydroxylation is 1. The second kappa shape index (κ2) is 8.13. The van der Waals surface area contributed by atoms with Crippen LogP contribution in [-0.4, -0.2) is 23.3 Å². The lowest BCUT2D eigenvalue weighted by atomic mass is 9.91. The first-order valence-electron chi connectivity index (χ1n) is 10.3. The van der Waals surface area contributed by atoms with Gasteiger partial charge in [0.25, 0.3) is 0 Å². The third-order valence-corrected chi connectivity index (χ3v) is 6.18. The molecule has 2 unspecified atom stereocenters. The molecule has 4 rings (SSSR count). The molecule has 0 saturated carbocycles. The Morgan fingerprint density at radius 2 is 1.97 bits per heavy atom. The molecule has 3 aromatic rings. The van der Waals surface area contributed by atoms with Crippen molar-refractivity contribution in [3.8, 4) is 11.1 Å². The average molecular weight is 443 g/mol. The van der Waals surface area contributed by atoms with Crippen LogP contribution in [0.15, 0.2) is 41.3 Å². The Morgan fingerprint density at radius 1 is 1.29 bits per heavy atom. The van der Waals surface area contributed by atoms with Gasteiger partial charge in [-0.3, -0.25) is 4.79 Å². The number of hydrogen-bond acceptors (Lipinski definition) is 4. The summed E-state index contributed by atoms with van der Waals surface area (Å²) in [7, 11) is 0. The van der Waals surface area contributed by atoms with Crippen LogP contribution >= 0.6 is 11.6 Å². The number of ether oxygens (including phenoxy) is 1. The van der Waals surface area contributed by atoms with Gasteiger partial charge in [-0.2, -0.15) is 0 Å². The predicted molar refractivity (Wildman–Crippen MR) is 120 cm³/mol. The molecule has 2 heterocycles. The van der Waals surface area contributed by atoms with Gasteiger partial charge < -0.3 is 14.3 Å². The number of carbonyl (C=O) groups excluding carboxylic acids is 1. The molecular formula is C25H24ClFO4. The van der Waals surface area contributed by atoms with Gasteiger partial charge in [0.2, 0.25) is 0 Å². The molecule has 0 amide bonds. The normalized spacial score (nSPS) is 19.1. The molecular weight excluding hydrogens is 419 g/mol. The van der Waals surface area contributed by atoms with Gasteiger partial charge in [-0.1, -0.05) is 44.2 Å². The lowest BCUT2D eigenvalue weighted by Gasteiger charge is -2.27. The van der Waals surface area contributed by atoms with Gasteiger partial charge in [-0.25, -0.2) is 4.39 Å². The lowest BCUT2D eigenvalue weighted by molar-refractivity contribution is -0.155. The Balaban J connectivity index is 2.00. The Bertz CT molecular complexity index is 1180. The van der Waals surface area contributed by atoms with E-state index in [-0.39, 0.29) is 24.6 Å². The van der Waals surface area contributed by atoms with Gasteiger partial charge in [0.05, 0.1) is 12.5 Å². The van der Waals surface area contributed by atoms with E-state index in [1.807, 2.05) is 26.8 Å². The Morgan fingerprint density at radius 3 is 2.58 bits per heavy atom. The molecule has 0 aliphatic carbocycles. The second-order valence-corrected chi connectivity index (χ2v) is 8.75. The van der Waals surface area contributed by atoms with Crippen molar-refractivity contribution in [1.82, 2.24) is 0 Å². The summed E-state index contributed by atoms with van der Waals surface area (Å²) in [5.74, 6) is -0.241. The molecule has 0 radical (unpaired) electrons. The van der Waals surface area contributed by atoms with Crippen LogP contribution in [0.1, 0.15) is 49.5 Å². The SMILES string of the molecule is C=C(c1oc2c(C(C)C)cc(Cl)c(C)c2c1-c1ccc(F)cc1)C1CC(O)CC(=O)O1. The van der Waals surface area contributed by atoms with Crippen molar-refractivity contribution in [3.05, 3.63) is 64.6 Å². The summed E-state index contributed by atoms with van der Waals surface area (Å²) < 4.78 is 25.5. The van der Waals surface area contributed by atoms with Crippen LogP contribution in [0.5, 0.6) is 0 Å². The average Bonchev–Trinajstić information content (AvgIpc) is 3.10. The summed E-state index contributed by atoms with van der Waals surface area (Å²) in [6.07, 6.45) is -1.32. The molecule has 31 heavy (non-hydrogen) atoms. The number of aliphatic hydroxyl groups excluding tert-OH is 1. The van der Waals surface area contributed by atoms with Gasteiger partial charge in [0, 0.05) is 28.0 Å². The van der Waals surface area contributed by atoms with Crippen molar-refractivity contribution in [2.24, 2.45) is 0 Å². The van der Waals surface area contributed by atoms with Crippen molar-refractivity contribution >= 4 is 34.1 Å². The fourth-order valence-corrected chi connectivity index (χ4v) is 4.32. The first-order valence-corrected chi connectivity index (χ1v) is 10.6.